The first-order valence-electron chi connectivity index (χ1n) is 5.45. The van der Waals surface area contributed by atoms with Crippen LogP contribution in [-0.2, 0) is 10.0 Å². The van der Waals surface area contributed by atoms with Crippen molar-refractivity contribution in [3.63, 3.8) is 0 Å². The third-order valence-electron chi connectivity index (χ3n) is 2.77. The molecule has 1 saturated heterocycles. The van der Waals surface area contributed by atoms with Crippen LogP contribution >= 0.6 is 15.9 Å². The number of alkyl halides is 1. The second kappa shape index (κ2) is 5.15. The molecule has 0 N–H and O–H groups in total. The molecule has 5 heteroatoms. The molecule has 0 aromatic carbocycles. The van der Waals surface area contributed by atoms with Crippen molar-refractivity contribution in [1.29, 1.82) is 0 Å². The lowest BCUT2D eigenvalue weighted by atomic mass is 10.0. The van der Waals surface area contributed by atoms with E-state index in [1.165, 1.54) is 0 Å². The standard InChI is InChI=1S/C10H20BrNO2S/c1-8(2)7-15(13,14)12-5-4-9(3)10(11)6-12/h8-10H,4-7H2,1-3H3. The van der Waals surface area contributed by atoms with Gasteiger partial charge >= 0.3 is 0 Å². The van der Waals surface area contributed by atoms with Crippen LogP contribution in [-0.4, -0.2) is 36.4 Å². The second-order valence-corrected chi connectivity index (χ2v) is 8.00. The lowest BCUT2D eigenvalue weighted by Crippen LogP contribution is -2.45. The molecule has 0 bridgehead atoms. The van der Waals surface area contributed by atoms with E-state index in [1.54, 1.807) is 4.31 Å². The Balaban J connectivity index is 2.65. The van der Waals surface area contributed by atoms with Crippen molar-refractivity contribution in [3.05, 3.63) is 0 Å². The minimum absolute atomic E-state index is 0.197. The van der Waals surface area contributed by atoms with Crippen LogP contribution in [0, 0.1) is 11.8 Å². The summed E-state index contributed by atoms with van der Waals surface area (Å²) in [5.41, 5.74) is 0. The number of hydrogen-bond donors (Lipinski definition) is 0. The van der Waals surface area contributed by atoms with E-state index in [0.717, 1.165) is 6.42 Å². The Morgan fingerprint density at radius 3 is 2.53 bits per heavy atom. The Bertz CT molecular complexity index is 303. The highest BCUT2D eigenvalue weighted by molar-refractivity contribution is 9.09. The van der Waals surface area contributed by atoms with Gasteiger partial charge in [0.15, 0.2) is 0 Å². The SMILES string of the molecule is CC(C)CS(=O)(=O)N1CCC(C)C(Br)C1. The maximum Gasteiger partial charge on any atom is 0.214 e. The van der Waals surface area contributed by atoms with E-state index < -0.39 is 10.0 Å². The lowest BCUT2D eigenvalue weighted by Gasteiger charge is -2.33. The van der Waals surface area contributed by atoms with Gasteiger partial charge in [-0.15, -0.1) is 0 Å². The minimum atomic E-state index is -3.04. The zero-order chi connectivity index (χ0) is 11.6. The first kappa shape index (κ1) is 13.5. The van der Waals surface area contributed by atoms with E-state index >= 15 is 0 Å². The molecule has 0 radical (unpaired) electrons. The highest BCUT2D eigenvalue weighted by Crippen LogP contribution is 2.25. The monoisotopic (exact) mass is 297 g/mol. The zero-order valence-corrected chi connectivity index (χ0v) is 12.0. The van der Waals surface area contributed by atoms with Gasteiger partial charge in [0, 0.05) is 17.9 Å². The molecule has 0 amide bonds. The third kappa shape index (κ3) is 3.71. The summed E-state index contributed by atoms with van der Waals surface area (Å²) in [5, 5.41) is 0. The predicted octanol–water partition coefficient (Wildman–Crippen LogP) is 2.08. The molecular weight excluding hydrogens is 278 g/mol. The molecular formula is C10H20BrNO2S. The van der Waals surface area contributed by atoms with Crippen molar-refractivity contribution >= 4 is 26.0 Å². The molecule has 1 aliphatic heterocycles. The molecule has 0 aromatic rings. The van der Waals surface area contributed by atoms with Crippen LogP contribution in [0.15, 0.2) is 0 Å². The van der Waals surface area contributed by atoms with Crippen LogP contribution in [0.3, 0.4) is 0 Å². The summed E-state index contributed by atoms with van der Waals surface area (Å²) in [6.45, 7) is 7.34. The van der Waals surface area contributed by atoms with Crippen molar-refractivity contribution in [2.75, 3.05) is 18.8 Å². The van der Waals surface area contributed by atoms with E-state index in [4.69, 9.17) is 0 Å². The first-order valence-corrected chi connectivity index (χ1v) is 7.97. The Hall–Kier alpha value is 0.390. The van der Waals surface area contributed by atoms with E-state index in [1.807, 2.05) is 13.8 Å². The second-order valence-electron chi connectivity index (χ2n) is 4.81. The normalized spacial score (nSPS) is 29.7. The molecule has 2 unspecified atom stereocenters. The number of hydrogen-bond acceptors (Lipinski definition) is 2. The largest absolute Gasteiger partial charge is 0.214 e. The fraction of sp³-hybridized carbons (Fsp3) is 1.00. The summed E-state index contributed by atoms with van der Waals surface area (Å²) < 4.78 is 25.5. The van der Waals surface area contributed by atoms with Crippen LogP contribution in [0.2, 0.25) is 0 Å². The average Bonchev–Trinajstić information content (AvgIpc) is 2.07. The summed E-state index contributed by atoms with van der Waals surface area (Å²) in [5.74, 6) is 1.03. The van der Waals surface area contributed by atoms with Crippen molar-refractivity contribution in [2.24, 2.45) is 11.8 Å². The Labute approximate surface area is 101 Å². The molecule has 1 heterocycles. The van der Waals surface area contributed by atoms with Gasteiger partial charge in [0.25, 0.3) is 0 Å². The summed E-state index contributed by atoms with van der Waals surface area (Å²) in [6, 6.07) is 0. The summed E-state index contributed by atoms with van der Waals surface area (Å²) in [7, 11) is -3.04. The van der Waals surface area contributed by atoms with Crippen molar-refractivity contribution in [2.45, 2.75) is 32.0 Å². The fourth-order valence-corrected chi connectivity index (χ4v) is 4.40. The molecule has 1 rings (SSSR count). The summed E-state index contributed by atoms with van der Waals surface area (Å²) in [4.78, 5) is 0.299. The van der Waals surface area contributed by atoms with Crippen LogP contribution in [0.1, 0.15) is 27.2 Å². The van der Waals surface area contributed by atoms with Gasteiger partial charge in [0.2, 0.25) is 10.0 Å². The van der Waals surface area contributed by atoms with Crippen LogP contribution < -0.4 is 0 Å². The molecule has 3 nitrogen and oxygen atoms in total. The topological polar surface area (TPSA) is 37.4 Å². The highest BCUT2D eigenvalue weighted by atomic mass is 79.9. The van der Waals surface area contributed by atoms with Gasteiger partial charge < -0.3 is 0 Å². The third-order valence-corrected chi connectivity index (χ3v) is 6.17. The molecule has 1 aliphatic rings. The predicted molar refractivity (Wildman–Crippen MR) is 66.7 cm³/mol. The van der Waals surface area contributed by atoms with E-state index in [2.05, 4.69) is 22.9 Å². The van der Waals surface area contributed by atoms with E-state index in [9.17, 15) is 8.42 Å². The maximum absolute atomic E-state index is 12.0. The van der Waals surface area contributed by atoms with Crippen molar-refractivity contribution < 1.29 is 8.42 Å². The molecule has 0 aromatic heterocycles. The Morgan fingerprint density at radius 2 is 2.07 bits per heavy atom. The quantitative estimate of drug-likeness (QED) is 0.748. The average molecular weight is 298 g/mol. The lowest BCUT2D eigenvalue weighted by molar-refractivity contribution is 0.298. The van der Waals surface area contributed by atoms with Gasteiger partial charge in [0.05, 0.1) is 5.75 Å². The van der Waals surface area contributed by atoms with E-state index in [-0.39, 0.29) is 11.7 Å². The van der Waals surface area contributed by atoms with Crippen LogP contribution in [0.4, 0.5) is 0 Å². The number of halogens is 1. The molecule has 0 spiro atoms. The fourth-order valence-electron chi connectivity index (χ4n) is 1.77. The first-order chi connectivity index (χ1) is 6.83. The molecule has 0 saturated carbocycles. The Morgan fingerprint density at radius 1 is 1.47 bits per heavy atom. The smallest absolute Gasteiger partial charge is 0.212 e. The molecule has 90 valence electrons. The van der Waals surface area contributed by atoms with Gasteiger partial charge in [-0.1, -0.05) is 36.7 Å². The number of sulfonamides is 1. The van der Waals surface area contributed by atoms with Gasteiger partial charge in [-0.05, 0) is 18.3 Å². The number of nitrogens with zero attached hydrogens (tertiary/aromatic N) is 1. The Kier molecular flexibility index (Phi) is 4.62. The molecule has 1 fully saturated rings. The number of rotatable bonds is 3. The maximum atomic E-state index is 12.0. The number of piperidine rings is 1. The minimum Gasteiger partial charge on any atom is -0.212 e. The van der Waals surface area contributed by atoms with Gasteiger partial charge in [0.1, 0.15) is 0 Å². The summed E-state index contributed by atoms with van der Waals surface area (Å²) >= 11 is 3.55. The van der Waals surface area contributed by atoms with Crippen molar-refractivity contribution in [3.8, 4) is 0 Å². The molecule has 0 aliphatic carbocycles. The van der Waals surface area contributed by atoms with Crippen molar-refractivity contribution in [1.82, 2.24) is 4.31 Å². The van der Waals surface area contributed by atoms with Gasteiger partial charge in [-0.3, -0.25) is 0 Å². The van der Waals surface area contributed by atoms with Gasteiger partial charge in [-0.25, -0.2) is 12.7 Å². The summed E-state index contributed by atoms with van der Waals surface area (Å²) in [6.07, 6.45) is 0.952. The molecule has 2 atom stereocenters. The molecule has 15 heavy (non-hydrogen) atoms. The van der Waals surface area contributed by atoms with Crippen LogP contribution in [0.25, 0.3) is 0 Å². The highest BCUT2D eigenvalue weighted by Gasteiger charge is 2.31. The van der Waals surface area contributed by atoms with E-state index in [0.29, 0.717) is 23.8 Å². The zero-order valence-electron chi connectivity index (χ0n) is 9.61. The van der Waals surface area contributed by atoms with Gasteiger partial charge in [-0.2, -0.15) is 0 Å². The van der Waals surface area contributed by atoms with Crippen LogP contribution in [0.5, 0.6) is 0 Å².